The largest absolute Gasteiger partial charge is 0.479 e. The molecule has 7 heteroatoms. The highest BCUT2D eigenvalue weighted by Gasteiger charge is 2.15. The van der Waals surface area contributed by atoms with Gasteiger partial charge in [-0.25, -0.2) is 4.98 Å². The summed E-state index contributed by atoms with van der Waals surface area (Å²) in [6, 6.07) is 14.5. The van der Waals surface area contributed by atoms with Gasteiger partial charge in [0, 0.05) is 10.4 Å². The average Bonchev–Trinajstić information content (AvgIpc) is 2.72. The predicted octanol–water partition coefficient (Wildman–Crippen LogP) is 4.46. The zero-order valence-electron chi connectivity index (χ0n) is 15.6. The number of halogens is 1. The number of ether oxygens (including phenoxy) is 1. The standard InChI is InChI=1S/C21H19BrN4O2/c1-3-14(2)20-25-19-9-6-16(22)12-18(19)21(27)26(20)24-13-15-4-7-17(8-5-15)28-11-10-23/h4-9,12-14H,3,11H2,1-2H3/t14-/m1/s1. The van der Waals surface area contributed by atoms with Crippen molar-refractivity contribution in [3.05, 3.63) is 68.7 Å². The van der Waals surface area contributed by atoms with Gasteiger partial charge in [0.25, 0.3) is 5.56 Å². The van der Waals surface area contributed by atoms with Gasteiger partial charge in [0.05, 0.1) is 17.1 Å². The summed E-state index contributed by atoms with van der Waals surface area (Å²) in [6.45, 7) is 4.08. The molecule has 0 unspecified atom stereocenters. The monoisotopic (exact) mass is 438 g/mol. The van der Waals surface area contributed by atoms with Crippen LogP contribution in [0.25, 0.3) is 10.9 Å². The lowest BCUT2D eigenvalue weighted by molar-refractivity contribution is 0.368. The Kier molecular flexibility index (Phi) is 6.22. The molecule has 28 heavy (non-hydrogen) atoms. The first-order chi connectivity index (χ1) is 13.5. The van der Waals surface area contributed by atoms with E-state index in [0.717, 1.165) is 16.5 Å². The maximum atomic E-state index is 13.1. The Morgan fingerprint density at radius 3 is 2.75 bits per heavy atom. The molecule has 1 aromatic heterocycles. The SMILES string of the molecule is CC[C@@H](C)c1nc2ccc(Br)cc2c(=O)n1N=Cc1ccc(OCC#N)cc1. The van der Waals surface area contributed by atoms with Crippen molar-refractivity contribution >= 4 is 33.0 Å². The van der Waals surface area contributed by atoms with Gasteiger partial charge in [-0.05, 0) is 54.4 Å². The lowest BCUT2D eigenvalue weighted by Crippen LogP contribution is -2.23. The molecule has 1 atom stereocenters. The Balaban J connectivity index is 2.03. The third kappa shape index (κ3) is 4.29. The number of nitriles is 1. The number of rotatable bonds is 6. The number of benzene rings is 2. The molecule has 6 nitrogen and oxygen atoms in total. The van der Waals surface area contributed by atoms with Gasteiger partial charge in [0.1, 0.15) is 17.6 Å². The zero-order chi connectivity index (χ0) is 20.1. The summed E-state index contributed by atoms with van der Waals surface area (Å²) in [4.78, 5) is 17.7. The molecule has 0 aliphatic heterocycles. The minimum absolute atomic E-state index is 0.000581. The van der Waals surface area contributed by atoms with E-state index in [1.807, 2.05) is 37.3 Å². The molecule has 0 aliphatic carbocycles. The first-order valence-corrected chi connectivity index (χ1v) is 9.69. The number of aromatic nitrogens is 2. The van der Waals surface area contributed by atoms with E-state index in [4.69, 9.17) is 10.00 Å². The van der Waals surface area contributed by atoms with Crippen LogP contribution in [0.1, 0.15) is 37.6 Å². The predicted molar refractivity (Wildman–Crippen MR) is 113 cm³/mol. The number of fused-ring (bicyclic) bond motifs is 1. The van der Waals surface area contributed by atoms with Gasteiger partial charge in [-0.2, -0.15) is 15.0 Å². The van der Waals surface area contributed by atoms with Gasteiger partial charge in [-0.3, -0.25) is 4.79 Å². The molecule has 0 saturated carbocycles. The maximum absolute atomic E-state index is 13.1. The fraction of sp³-hybridized carbons (Fsp3) is 0.238. The normalized spacial score (nSPS) is 12.2. The van der Waals surface area contributed by atoms with Crippen LogP contribution in [0, 0.1) is 11.3 Å². The average molecular weight is 439 g/mol. The van der Waals surface area contributed by atoms with Gasteiger partial charge < -0.3 is 4.74 Å². The summed E-state index contributed by atoms with van der Waals surface area (Å²) in [7, 11) is 0. The molecular weight excluding hydrogens is 420 g/mol. The molecule has 142 valence electrons. The fourth-order valence-electron chi connectivity index (χ4n) is 2.67. The van der Waals surface area contributed by atoms with Crippen molar-refractivity contribution < 1.29 is 4.74 Å². The van der Waals surface area contributed by atoms with Crippen LogP contribution in [0.3, 0.4) is 0 Å². The van der Waals surface area contributed by atoms with E-state index < -0.39 is 0 Å². The molecular formula is C21H19BrN4O2. The molecule has 0 saturated heterocycles. The molecule has 0 aliphatic rings. The zero-order valence-corrected chi connectivity index (χ0v) is 17.2. The first kappa shape index (κ1) is 19.8. The summed E-state index contributed by atoms with van der Waals surface area (Å²) in [5.41, 5.74) is 1.27. The summed E-state index contributed by atoms with van der Waals surface area (Å²) >= 11 is 3.41. The molecule has 0 spiro atoms. The van der Waals surface area contributed by atoms with Crippen LogP contribution < -0.4 is 10.3 Å². The van der Waals surface area contributed by atoms with Crippen molar-refractivity contribution in [2.24, 2.45) is 5.10 Å². The Labute approximate surface area is 171 Å². The Morgan fingerprint density at radius 1 is 1.32 bits per heavy atom. The molecule has 0 N–H and O–H groups in total. The number of hydrogen-bond donors (Lipinski definition) is 0. The summed E-state index contributed by atoms with van der Waals surface area (Å²) in [6.07, 6.45) is 2.46. The first-order valence-electron chi connectivity index (χ1n) is 8.90. The van der Waals surface area contributed by atoms with E-state index in [0.29, 0.717) is 22.5 Å². The van der Waals surface area contributed by atoms with Crippen LogP contribution in [-0.2, 0) is 0 Å². The molecule has 0 fully saturated rings. The van der Waals surface area contributed by atoms with Crippen molar-refractivity contribution in [1.82, 2.24) is 9.66 Å². The van der Waals surface area contributed by atoms with Crippen molar-refractivity contribution in [3.8, 4) is 11.8 Å². The van der Waals surface area contributed by atoms with E-state index in [2.05, 4.69) is 32.9 Å². The highest BCUT2D eigenvalue weighted by atomic mass is 79.9. The van der Waals surface area contributed by atoms with Crippen molar-refractivity contribution in [1.29, 1.82) is 5.26 Å². The quantitative estimate of drug-likeness (QED) is 0.532. The highest BCUT2D eigenvalue weighted by Crippen LogP contribution is 2.21. The van der Waals surface area contributed by atoms with Crippen LogP contribution in [-0.4, -0.2) is 22.5 Å². The third-order valence-corrected chi connectivity index (χ3v) is 4.89. The molecule has 1 heterocycles. The van der Waals surface area contributed by atoms with Crippen molar-refractivity contribution in [2.75, 3.05) is 6.61 Å². The maximum Gasteiger partial charge on any atom is 0.282 e. The number of nitrogens with zero attached hydrogens (tertiary/aromatic N) is 4. The van der Waals surface area contributed by atoms with Gasteiger partial charge in [0.2, 0.25) is 0 Å². The third-order valence-electron chi connectivity index (χ3n) is 4.39. The topological polar surface area (TPSA) is 80.3 Å². The summed E-state index contributed by atoms with van der Waals surface area (Å²) < 4.78 is 7.44. The Morgan fingerprint density at radius 2 is 2.07 bits per heavy atom. The Hall–Kier alpha value is -2.98. The second kappa shape index (κ2) is 8.81. The minimum atomic E-state index is -0.202. The second-order valence-electron chi connectivity index (χ2n) is 6.32. The van der Waals surface area contributed by atoms with E-state index in [1.54, 1.807) is 24.4 Å². The lowest BCUT2D eigenvalue weighted by atomic mass is 10.1. The number of hydrogen-bond acceptors (Lipinski definition) is 5. The molecule has 3 rings (SSSR count). The van der Waals surface area contributed by atoms with Gasteiger partial charge in [0.15, 0.2) is 6.61 Å². The second-order valence-corrected chi connectivity index (χ2v) is 7.23. The molecule has 0 amide bonds. The van der Waals surface area contributed by atoms with Crippen LogP contribution in [0.15, 0.2) is 56.8 Å². The van der Waals surface area contributed by atoms with Gasteiger partial charge in [-0.1, -0.05) is 29.8 Å². The van der Waals surface area contributed by atoms with Crippen LogP contribution >= 0.6 is 15.9 Å². The molecule has 3 aromatic rings. The van der Waals surface area contributed by atoms with Crippen LogP contribution in [0.4, 0.5) is 0 Å². The van der Waals surface area contributed by atoms with E-state index in [9.17, 15) is 4.79 Å². The van der Waals surface area contributed by atoms with E-state index in [1.165, 1.54) is 4.68 Å². The molecule has 2 aromatic carbocycles. The molecule has 0 bridgehead atoms. The van der Waals surface area contributed by atoms with Crippen molar-refractivity contribution in [2.45, 2.75) is 26.2 Å². The van der Waals surface area contributed by atoms with Crippen molar-refractivity contribution in [3.63, 3.8) is 0 Å². The van der Waals surface area contributed by atoms with Crippen LogP contribution in [0.5, 0.6) is 5.75 Å². The van der Waals surface area contributed by atoms with Gasteiger partial charge >= 0.3 is 0 Å². The van der Waals surface area contributed by atoms with E-state index in [-0.39, 0.29) is 18.1 Å². The molecule has 0 radical (unpaired) electrons. The van der Waals surface area contributed by atoms with Gasteiger partial charge in [-0.15, -0.1) is 0 Å². The highest BCUT2D eigenvalue weighted by molar-refractivity contribution is 9.10. The smallest absolute Gasteiger partial charge is 0.282 e. The Bertz CT molecular complexity index is 1110. The fourth-order valence-corrected chi connectivity index (χ4v) is 3.03. The summed E-state index contributed by atoms with van der Waals surface area (Å²) in [5, 5.41) is 13.5. The van der Waals surface area contributed by atoms with E-state index >= 15 is 0 Å². The summed E-state index contributed by atoms with van der Waals surface area (Å²) in [5.74, 6) is 1.32. The van der Waals surface area contributed by atoms with Crippen LogP contribution in [0.2, 0.25) is 0 Å². The lowest BCUT2D eigenvalue weighted by Gasteiger charge is -2.14. The minimum Gasteiger partial charge on any atom is -0.479 e.